The monoisotopic (exact) mass is 423 g/mol. The third-order valence-corrected chi connectivity index (χ3v) is 6.24. The molecule has 0 radical (unpaired) electrons. The predicted molar refractivity (Wildman–Crippen MR) is 114 cm³/mol. The number of carbonyl (C=O) groups excluding carboxylic acids is 3. The van der Waals surface area contributed by atoms with Gasteiger partial charge in [-0.05, 0) is 54.2 Å². The number of hydrogen-bond acceptors (Lipinski definition) is 3. The van der Waals surface area contributed by atoms with Crippen molar-refractivity contribution in [2.45, 2.75) is 31.7 Å². The van der Waals surface area contributed by atoms with Gasteiger partial charge in [0.1, 0.15) is 5.82 Å². The Hall–Kier alpha value is -3.22. The minimum absolute atomic E-state index is 0.162. The number of rotatable bonds is 2. The van der Waals surface area contributed by atoms with E-state index in [4.69, 9.17) is 0 Å². The van der Waals surface area contributed by atoms with Gasteiger partial charge in [-0.3, -0.25) is 14.4 Å². The fourth-order valence-corrected chi connectivity index (χ4v) is 4.41. The van der Waals surface area contributed by atoms with Crippen molar-refractivity contribution in [1.82, 2.24) is 15.1 Å². The van der Waals surface area contributed by atoms with Crippen LogP contribution < -0.4 is 5.32 Å². The van der Waals surface area contributed by atoms with Gasteiger partial charge in [0.05, 0.1) is 6.04 Å². The largest absolute Gasteiger partial charge is 0.341 e. The summed E-state index contributed by atoms with van der Waals surface area (Å²) in [4.78, 5) is 41.0. The Morgan fingerprint density at radius 3 is 2.16 bits per heavy atom. The van der Waals surface area contributed by atoms with Gasteiger partial charge in [-0.1, -0.05) is 31.2 Å². The van der Waals surface area contributed by atoms with E-state index in [1.54, 1.807) is 4.90 Å². The lowest BCUT2D eigenvalue weighted by atomic mass is 9.81. The van der Waals surface area contributed by atoms with Crippen molar-refractivity contribution < 1.29 is 18.8 Å². The standard InChI is InChI=1S/C24H26FN3O3/c1-16-6-11-21(20-5-3-2-4-19(16)20)26-22(29)24(31)28-14-12-27(13-15-28)23(30)17-7-9-18(25)10-8-17/h2-5,7-10,16,21H,6,11-15H2,1H3,(H,26,29). The van der Waals surface area contributed by atoms with Crippen molar-refractivity contribution in [2.75, 3.05) is 26.2 Å². The van der Waals surface area contributed by atoms with Crippen molar-refractivity contribution in [3.05, 3.63) is 71.0 Å². The van der Waals surface area contributed by atoms with Crippen molar-refractivity contribution in [2.24, 2.45) is 0 Å². The molecule has 1 aliphatic carbocycles. The highest BCUT2D eigenvalue weighted by Gasteiger charge is 2.31. The highest BCUT2D eigenvalue weighted by molar-refractivity contribution is 6.35. The molecule has 1 fully saturated rings. The van der Waals surface area contributed by atoms with Gasteiger partial charge in [-0.25, -0.2) is 4.39 Å². The summed E-state index contributed by atoms with van der Waals surface area (Å²) in [7, 11) is 0. The maximum absolute atomic E-state index is 13.1. The lowest BCUT2D eigenvalue weighted by molar-refractivity contribution is -0.147. The van der Waals surface area contributed by atoms with Crippen molar-refractivity contribution in [3.8, 4) is 0 Å². The molecule has 2 aromatic carbocycles. The average Bonchev–Trinajstić information content (AvgIpc) is 2.80. The maximum atomic E-state index is 13.1. The van der Waals surface area contributed by atoms with Crippen LogP contribution in [-0.4, -0.2) is 53.7 Å². The Balaban J connectivity index is 1.34. The third-order valence-electron chi connectivity index (χ3n) is 6.24. The van der Waals surface area contributed by atoms with Gasteiger partial charge in [-0.15, -0.1) is 0 Å². The zero-order valence-corrected chi connectivity index (χ0v) is 17.5. The topological polar surface area (TPSA) is 69.7 Å². The second-order valence-electron chi connectivity index (χ2n) is 8.22. The van der Waals surface area contributed by atoms with Gasteiger partial charge >= 0.3 is 11.8 Å². The van der Waals surface area contributed by atoms with Crippen LogP contribution in [0.5, 0.6) is 0 Å². The number of benzene rings is 2. The summed E-state index contributed by atoms with van der Waals surface area (Å²) >= 11 is 0. The number of carbonyl (C=O) groups is 3. The van der Waals surface area contributed by atoms with Crippen LogP contribution >= 0.6 is 0 Å². The summed E-state index contributed by atoms with van der Waals surface area (Å²) in [6.45, 7) is 3.42. The first kappa shape index (κ1) is 21.0. The Labute approximate surface area is 181 Å². The zero-order chi connectivity index (χ0) is 22.0. The van der Waals surface area contributed by atoms with Gasteiger partial charge < -0.3 is 15.1 Å². The molecule has 2 unspecified atom stereocenters. The first-order valence-corrected chi connectivity index (χ1v) is 10.7. The first-order valence-electron chi connectivity index (χ1n) is 10.7. The van der Waals surface area contributed by atoms with Crippen molar-refractivity contribution in [3.63, 3.8) is 0 Å². The summed E-state index contributed by atoms with van der Waals surface area (Å²) in [5, 5.41) is 2.91. The van der Waals surface area contributed by atoms with E-state index in [-0.39, 0.29) is 25.0 Å². The third kappa shape index (κ3) is 4.45. The Morgan fingerprint density at radius 1 is 0.871 bits per heavy atom. The van der Waals surface area contributed by atoms with Crippen LogP contribution in [0.25, 0.3) is 0 Å². The number of amides is 3. The smallest absolute Gasteiger partial charge is 0.312 e. The fourth-order valence-electron chi connectivity index (χ4n) is 4.41. The van der Waals surface area contributed by atoms with E-state index < -0.39 is 17.6 Å². The molecule has 1 saturated heterocycles. The highest BCUT2D eigenvalue weighted by Crippen LogP contribution is 2.36. The van der Waals surface area contributed by atoms with Crippen molar-refractivity contribution in [1.29, 1.82) is 0 Å². The van der Waals surface area contributed by atoms with Crippen LogP contribution in [-0.2, 0) is 9.59 Å². The van der Waals surface area contributed by atoms with Crippen LogP contribution in [0.4, 0.5) is 4.39 Å². The molecule has 1 N–H and O–H groups in total. The zero-order valence-electron chi connectivity index (χ0n) is 17.5. The minimum atomic E-state index is -0.604. The molecule has 162 valence electrons. The number of nitrogens with one attached hydrogen (secondary N) is 1. The fraction of sp³-hybridized carbons (Fsp3) is 0.375. The molecule has 0 bridgehead atoms. The number of nitrogens with zero attached hydrogens (tertiary/aromatic N) is 2. The average molecular weight is 423 g/mol. The Morgan fingerprint density at radius 2 is 1.48 bits per heavy atom. The van der Waals surface area contributed by atoms with Crippen LogP contribution in [0.2, 0.25) is 0 Å². The summed E-state index contributed by atoms with van der Waals surface area (Å²) in [6.07, 6.45) is 1.76. The number of fused-ring (bicyclic) bond motifs is 1. The van der Waals surface area contributed by atoms with E-state index in [1.807, 2.05) is 18.2 Å². The molecular formula is C24H26FN3O3. The quantitative estimate of drug-likeness (QED) is 0.756. The summed E-state index contributed by atoms with van der Waals surface area (Å²) in [5.41, 5.74) is 2.71. The lowest BCUT2D eigenvalue weighted by Gasteiger charge is -2.35. The van der Waals surface area contributed by atoms with Crippen LogP contribution in [0.1, 0.15) is 53.2 Å². The first-order chi connectivity index (χ1) is 14.9. The molecular weight excluding hydrogens is 397 g/mol. The molecule has 4 rings (SSSR count). The molecule has 31 heavy (non-hydrogen) atoms. The Bertz CT molecular complexity index is 984. The van der Waals surface area contributed by atoms with E-state index in [1.165, 1.54) is 34.7 Å². The van der Waals surface area contributed by atoms with Crippen LogP contribution in [0.15, 0.2) is 48.5 Å². The number of halogens is 1. The second-order valence-corrected chi connectivity index (χ2v) is 8.22. The molecule has 3 amide bonds. The molecule has 2 aromatic rings. The molecule has 0 spiro atoms. The summed E-state index contributed by atoms with van der Waals surface area (Å²) in [5.74, 6) is -1.33. The van der Waals surface area contributed by atoms with Gasteiger partial charge in [0, 0.05) is 31.7 Å². The molecule has 0 saturated carbocycles. The van der Waals surface area contributed by atoms with Gasteiger partial charge in [-0.2, -0.15) is 0 Å². The molecule has 7 heteroatoms. The van der Waals surface area contributed by atoms with Gasteiger partial charge in [0.15, 0.2) is 0 Å². The van der Waals surface area contributed by atoms with E-state index in [2.05, 4.69) is 18.3 Å². The number of piperazine rings is 1. The normalized spacial score (nSPS) is 20.7. The maximum Gasteiger partial charge on any atom is 0.312 e. The minimum Gasteiger partial charge on any atom is -0.341 e. The molecule has 2 aliphatic rings. The predicted octanol–water partition coefficient (Wildman–Crippen LogP) is 2.86. The lowest BCUT2D eigenvalue weighted by Crippen LogP contribution is -2.54. The van der Waals surface area contributed by atoms with Crippen LogP contribution in [0, 0.1) is 5.82 Å². The highest BCUT2D eigenvalue weighted by atomic mass is 19.1. The van der Waals surface area contributed by atoms with Gasteiger partial charge in [0.25, 0.3) is 5.91 Å². The summed E-state index contributed by atoms with van der Waals surface area (Å²) in [6, 6.07) is 13.3. The SMILES string of the molecule is CC1CCC(NC(=O)C(=O)N2CCN(C(=O)c3ccc(F)cc3)CC2)c2ccccc21. The Kier molecular flexibility index (Phi) is 6.02. The van der Waals surface area contributed by atoms with Crippen molar-refractivity contribution >= 4 is 17.7 Å². The van der Waals surface area contributed by atoms with E-state index in [0.717, 1.165) is 18.4 Å². The molecule has 1 heterocycles. The molecule has 0 aromatic heterocycles. The van der Waals surface area contributed by atoms with Crippen LogP contribution in [0.3, 0.4) is 0 Å². The number of hydrogen-bond donors (Lipinski definition) is 1. The van der Waals surface area contributed by atoms with E-state index in [0.29, 0.717) is 24.6 Å². The summed E-state index contributed by atoms with van der Waals surface area (Å²) < 4.78 is 13.1. The second kappa shape index (κ2) is 8.88. The molecule has 6 nitrogen and oxygen atoms in total. The molecule has 2 atom stereocenters. The van der Waals surface area contributed by atoms with E-state index >= 15 is 0 Å². The van der Waals surface area contributed by atoms with Gasteiger partial charge in [0.2, 0.25) is 0 Å². The van der Waals surface area contributed by atoms with E-state index in [9.17, 15) is 18.8 Å². The molecule has 1 aliphatic heterocycles.